The number of hydrogen-bond acceptors (Lipinski definition) is 5. The van der Waals surface area contributed by atoms with E-state index in [1.54, 1.807) is 6.08 Å². The van der Waals surface area contributed by atoms with Crippen LogP contribution in [0.25, 0.3) is 0 Å². The summed E-state index contributed by atoms with van der Waals surface area (Å²) in [5.41, 5.74) is -1.23. The van der Waals surface area contributed by atoms with E-state index < -0.39 is 98.2 Å². The van der Waals surface area contributed by atoms with Crippen LogP contribution in [0.15, 0.2) is 49.1 Å². The van der Waals surface area contributed by atoms with Crippen LogP contribution in [0.4, 0.5) is 74.6 Å². The van der Waals surface area contributed by atoms with Gasteiger partial charge in [0, 0.05) is 12.5 Å². The van der Waals surface area contributed by atoms with Crippen LogP contribution in [0.5, 0.6) is 5.75 Å². The van der Waals surface area contributed by atoms with E-state index in [4.69, 9.17) is 13.9 Å². The molecular weight excluding hydrogens is 839 g/mol. The fourth-order valence-electron chi connectivity index (χ4n) is 5.50. The molecule has 0 amide bonds. The first-order chi connectivity index (χ1) is 25.7. The normalized spacial score (nSPS) is 15.1. The molecule has 5 nitrogen and oxygen atoms in total. The molecule has 330 valence electrons. The zero-order chi connectivity index (χ0) is 44.7. The Balaban J connectivity index is 3.08. The maximum Gasteiger partial charge on any atom is 0.460 e. The molecule has 0 unspecified atom stereocenters. The molecule has 1 atom stereocenters. The monoisotopic (exact) mass is 880 g/mol. The van der Waals surface area contributed by atoms with Crippen LogP contribution in [0, 0.1) is 0 Å². The number of carbonyl (C=O) groups excluding carboxylic acids is 1. The van der Waals surface area contributed by atoms with Crippen molar-refractivity contribution in [3.63, 3.8) is 0 Å². The summed E-state index contributed by atoms with van der Waals surface area (Å²) >= 11 is 0. The van der Waals surface area contributed by atoms with Gasteiger partial charge < -0.3 is 19.0 Å². The van der Waals surface area contributed by atoms with Gasteiger partial charge in [0.25, 0.3) is 0 Å². The molecule has 0 aliphatic rings. The minimum atomic E-state index is -8.68. The van der Waals surface area contributed by atoms with Crippen LogP contribution < -0.4 is 4.74 Å². The lowest BCUT2D eigenvalue weighted by molar-refractivity contribution is -0.461. The number of esters is 1. The van der Waals surface area contributed by atoms with Crippen LogP contribution in [0.3, 0.4) is 0 Å². The number of benzene rings is 1. The van der Waals surface area contributed by atoms with E-state index >= 15 is 0 Å². The number of aliphatic hydroxyl groups is 1. The standard InChI is InChI=1S/C34H41F17O5Si/c1-6-17-55-26(53)11-9-7-8-10-25(52)23-12-14-24(15-13-23)54-18-19-56-57(21(2)3,22(4)5)20-16-27(35,36)28(37,38)29(39,40)30(41,42)31(43,44)32(45,46)33(47,48)34(49,50)51/h6,9,11-15,21-22,25,52H,1,7-8,10,16-20H2,2-5H3/b11-9+/t25-/m1/s1. The van der Waals surface area contributed by atoms with Gasteiger partial charge in [0.2, 0.25) is 0 Å². The van der Waals surface area contributed by atoms with Gasteiger partial charge in [-0.25, -0.2) is 4.79 Å². The second-order valence-electron chi connectivity index (χ2n) is 13.4. The zero-order valence-electron chi connectivity index (χ0n) is 30.6. The number of unbranched alkanes of at least 4 members (excludes halogenated alkanes) is 1. The summed E-state index contributed by atoms with van der Waals surface area (Å²) in [6, 6.07) is 4.53. The number of halogens is 17. The lowest BCUT2D eigenvalue weighted by atomic mass is 9.88. The van der Waals surface area contributed by atoms with Crippen LogP contribution in [0.2, 0.25) is 17.1 Å². The molecule has 0 spiro atoms. The number of carbonyl (C=O) groups is 1. The Bertz CT molecular complexity index is 1470. The second-order valence-corrected chi connectivity index (χ2v) is 18.5. The summed E-state index contributed by atoms with van der Waals surface area (Å²) in [7, 11) is -3.94. The van der Waals surface area contributed by atoms with Gasteiger partial charge in [0.1, 0.15) is 19.0 Å². The molecule has 0 saturated carbocycles. The fraction of sp³-hybridized carbons (Fsp3) is 0.676. The Kier molecular flexibility index (Phi) is 17.2. The number of rotatable bonds is 24. The van der Waals surface area contributed by atoms with Gasteiger partial charge in [-0.3, -0.25) is 0 Å². The Morgan fingerprint density at radius 3 is 1.67 bits per heavy atom. The van der Waals surface area contributed by atoms with Gasteiger partial charge in [0.15, 0.2) is 8.32 Å². The lowest BCUT2D eigenvalue weighted by Gasteiger charge is -2.44. The third-order valence-electron chi connectivity index (χ3n) is 9.00. The summed E-state index contributed by atoms with van der Waals surface area (Å²) in [4.78, 5) is 11.4. The van der Waals surface area contributed by atoms with Gasteiger partial charge in [-0.05, 0) is 54.1 Å². The van der Waals surface area contributed by atoms with E-state index in [9.17, 15) is 84.5 Å². The highest BCUT2D eigenvalue weighted by Crippen LogP contribution is 2.64. The highest BCUT2D eigenvalue weighted by Gasteiger charge is 2.95. The fourth-order valence-corrected chi connectivity index (χ4v) is 9.96. The lowest BCUT2D eigenvalue weighted by Crippen LogP contribution is -2.74. The topological polar surface area (TPSA) is 65.0 Å². The molecule has 1 aromatic carbocycles. The van der Waals surface area contributed by atoms with Crippen molar-refractivity contribution >= 4 is 14.3 Å². The number of alkyl halides is 17. The third-order valence-corrected chi connectivity index (χ3v) is 14.7. The molecule has 0 aliphatic carbocycles. The maximum atomic E-state index is 14.8. The first kappa shape index (κ1) is 51.9. The van der Waals surface area contributed by atoms with E-state index in [-0.39, 0.29) is 19.0 Å². The molecule has 1 N–H and O–H groups in total. The minimum absolute atomic E-state index is 0.0471. The van der Waals surface area contributed by atoms with Crippen molar-refractivity contribution in [2.45, 2.75) is 124 Å². The maximum absolute atomic E-state index is 14.8. The summed E-state index contributed by atoms with van der Waals surface area (Å²) < 4.78 is 250. The highest BCUT2D eigenvalue weighted by atomic mass is 28.4. The summed E-state index contributed by atoms with van der Waals surface area (Å²) in [5, 5.41) is 10.4. The van der Waals surface area contributed by atoms with Crippen molar-refractivity contribution in [1.82, 2.24) is 0 Å². The first-order valence-corrected chi connectivity index (χ1v) is 19.1. The third kappa shape index (κ3) is 10.8. The molecule has 0 saturated heterocycles. The zero-order valence-corrected chi connectivity index (χ0v) is 31.6. The average Bonchev–Trinajstić information content (AvgIpc) is 3.09. The number of ether oxygens (including phenoxy) is 2. The van der Waals surface area contributed by atoms with E-state index in [1.165, 1.54) is 64.1 Å². The van der Waals surface area contributed by atoms with Gasteiger partial charge in [0.05, 0.1) is 12.7 Å². The molecule has 1 aromatic rings. The van der Waals surface area contributed by atoms with Crippen molar-refractivity contribution in [3.8, 4) is 5.75 Å². The van der Waals surface area contributed by atoms with Crippen molar-refractivity contribution in [2.75, 3.05) is 19.8 Å². The molecule has 1 rings (SSSR count). The number of aliphatic hydroxyl groups excluding tert-OH is 1. The average molecular weight is 881 g/mol. The number of allylic oxidation sites excluding steroid dienone is 1. The van der Waals surface area contributed by atoms with Crippen molar-refractivity contribution in [2.24, 2.45) is 0 Å². The molecule has 0 aromatic heterocycles. The van der Waals surface area contributed by atoms with Gasteiger partial charge in [-0.1, -0.05) is 58.6 Å². The smallest absolute Gasteiger partial charge is 0.460 e. The van der Waals surface area contributed by atoms with E-state index in [1.807, 2.05) is 0 Å². The molecule has 0 aliphatic heterocycles. The summed E-state index contributed by atoms with van der Waals surface area (Å²) in [6.45, 7) is 7.92. The molecule has 57 heavy (non-hydrogen) atoms. The predicted molar refractivity (Wildman–Crippen MR) is 173 cm³/mol. The largest absolute Gasteiger partial charge is 0.491 e. The summed E-state index contributed by atoms with van der Waals surface area (Å²) in [6.07, 6.45) is -5.86. The van der Waals surface area contributed by atoms with Gasteiger partial charge in [-0.2, -0.15) is 74.6 Å². The van der Waals surface area contributed by atoms with Crippen LogP contribution in [-0.2, 0) is 14.0 Å². The Labute approximate surface area is 317 Å². The molecule has 0 radical (unpaired) electrons. The van der Waals surface area contributed by atoms with E-state index in [0.29, 0.717) is 24.8 Å². The summed E-state index contributed by atoms with van der Waals surface area (Å²) in [5.74, 6) is -57.0. The quantitative estimate of drug-likeness (QED) is 0.0280. The van der Waals surface area contributed by atoms with E-state index in [2.05, 4.69) is 6.58 Å². The van der Waals surface area contributed by atoms with Crippen molar-refractivity contribution in [1.29, 1.82) is 0 Å². The molecule has 23 heteroatoms. The minimum Gasteiger partial charge on any atom is -0.491 e. The van der Waals surface area contributed by atoms with Gasteiger partial charge >= 0.3 is 53.6 Å². The predicted octanol–water partition coefficient (Wildman–Crippen LogP) is 11.7. The first-order valence-electron chi connectivity index (χ1n) is 16.9. The molecular formula is C34H41F17O5Si. The van der Waals surface area contributed by atoms with E-state index in [0.717, 1.165) is 0 Å². The Morgan fingerprint density at radius 1 is 0.737 bits per heavy atom. The molecule has 0 fully saturated rings. The second kappa shape index (κ2) is 18.9. The SMILES string of the molecule is C=CCOC(=O)/C=C/CCC[C@@H](O)c1ccc(OCCO[Si](CCC(F)(F)C(F)(F)C(F)(F)C(F)(F)C(F)(F)C(F)(F)C(F)(F)C(F)(F)F)(C(C)C)C(C)C)cc1. The highest BCUT2D eigenvalue weighted by molar-refractivity contribution is 6.76. The van der Waals surface area contributed by atoms with Crippen molar-refractivity contribution in [3.05, 3.63) is 54.6 Å². The van der Waals surface area contributed by atoms with Crippen molar-refractivity contribution < 1.29 is 98.4 Å². The van der Waals surface area contributed by atoms with Gasteiger partial charge in [-0.15, -0.1) is 0 Å². The van der Waals surface area contributed by atoms with Crippen LogP contribution in [-0.4, -0.2) is 86.8 Å². The van der Waals surface area contributed by atoms with Crippen LogP contribution in [0.1, 0.15) is 65.0 Å². The number of hydrogen-bond donors (Lipinski definition) is 1. The van der Waals surface area contributed by atoms with Crippen LogP contribution >= 0.6 is 0 Å². The Hall–Kier alpha value is -3.08. The Morgan fingerprint density at radius 2 is 1.21 bits per heavy atom. The molecule has 0 bridgehead atoms. The molecule has 0 heterocycles.